The minimum atomic E-state index is 0.0829. The summed E-state index contributed by atoms with van der Waals surface area (Å²) in [5, 5.41) is 4.64. The second-order valence-corrected chi connectivity index (χ2v) is 8.19. The predicted molar refractivity (Wildman–Crippen MR) is 99.0 cm³/mol. The first-order valence-electron chi connectivity index (χ1n) is 10.1. The lowest BCUT2D eigenvalue weighted by atomic mass is 9.97. The summed E-state index contributed by atoms with van der Waals surface area (Å²) < 4.78 is 4.09. The highest BCUT2D eigenvalue weighted by molar-refractivity contribution is 5.22. The standard InChI is InChI=1S/C20H27N5O/c26-20-12-16-2-1-3-18(16)22-25(20)13-15-6-9-23(10-7-15)14-19-21-8-11-24(19)17-4-5-17/h8,11-12,15,17H,1-7,9-10,13-14H2. The molecule has 6 nitrogen and oxygen atoms in total. The maximum absolute atomic E-state index is 12.3. The maximum atomic E-state index is 12.3. The van der Waals surface area contributed by atoms with Crippen LogP contribution in [0.15, 0.2) is 23.3 Å². The topological polar surface area (TPSA) is 56.0 Å². The number of imidazole rings is 1. The molecule has 3 heterocycles. The fourth-order valence-corrected chi connectivity index (χ4v) is 4.49. The number of rotatable bonds is 5. The first-order valence-corrected chi connectivity index (χ1v) is 10.1. The average Bonchev–Trinajstić information content (AvgIpc) is 3.22. The van der Waals surface area contributed by atoms with Crippen molar-refractivity contribution in [2.45, 2.75) is 64.1 Å². The molecule has 0 N–H and O–H groups in total. The Labute approximate surface area is 153 Å². The van der Waals surface area contributed by atoms with Gasteiger partial charge in [-0.1, -0.05) is 0 Å². The van der Waals surface area contributed by atoms with Crippen LogP contribution in [0.4, 0.5) is 0 Å². The Morgan fingerprint density at radius 1 is 1.12 bits per heavy atom. The fourth-order valence-electron chi connectivity index (χ4n) is 4.49. The van der Waals surface area contributed by atoms with Crippen molar-refractivity contribution in [3.63, 3.8) is 0 Å². The summed E-state index contributed by atoms with van der Waals surface area (Å²) in [7, 11) is 0. The van der Waals surface area contributed by atoms with Crippen LogP contribution in [0, 0.1) is 5.92 Å². The Morgan fingerprint density at radius 2 is 1.96 bits per heavy atom. The molecule has 0 radical (unpaired) electrons. The number of likely N-dealkylation sites (tertiary alicyclic amines) is 1. The van der Waals surface area contributed by atoms with Crippen molar-refractivity contribution in [3.8, 4) is 0 Å². The monoisotopic (exact) mass is 353 g/mol. The Hall–Kier alpha value is -1.95. The molecule has 2 aromatic heterocycles. The molecule has 0 aromatic carbocycles. The number of nitrogens with zero attached hydrogens (tertiary/aromatic N) is 5. The maximum Gasteiger partial charge on any atom is 0.267 e. The van der Waals surface area contributed by atoms with Crippen LogP contribution in [0.25, 0.3) is 0 Å². The third-order valence-corrected chi connectivity index (χ3v) is 6.22. The average molecular weight is 353 g/mol. The first-order chi connectivity index (χ1) is 12.8. The Bertz CT molecular complexity index is 842. The summed E-state index contributed by atoms with van der Waals surface area (Å²) in [4.78, 5) is 19.4. The molecule has 2 fully saturated rings. The second-order valence-electron chi connectivity index (χ2n) is 8.19. The molecule has 0 amide bonds. The highest BCUT2D eigenvalue weighted by atomic mass is 16.1. The van der Waals surface area contributed by atoms with E-state index in [1.165, 1.54) is 24.2 Å². The van der Waals surface area contributed by atoms with Gasteiger partial charge in [0.2, 0.25) is 0 Å². The van der Waals surface area contributed by atoms with Crippen LogP contribution < -0.4 is 5.56 Å². The van der Waals surface area contributed by atoms with Crippen LogP contribution in [0.2, 0.25) is 0 Å². The van der Waals surface area contributed by atoms with E-state index >= 15 is 0 Å². The molecule has 1 aliphatic heterocycles. The predicted octanol–water partition coefficient (Wildman–Crippen LogP) is 2.18. The highest BCUT2D eigenvalue weighted by Crippen LogP contribution is 2.35. The van der Waals surface area contributed by atoms with Gasteiger partial charge < -0.3 is 4.57 Å². The van der Waals surface area contributed by atoms with Crippen molar-refractivity contribution in [3.05, 3.63) is 45.9 Å². The van der Waals surface area contributed by atoms with Crippen molar-refractivity contribution in [1.82, 2.24) is 24.2 Å². The van der Waals surface area contributed by atoms with Gasteiger partial charge in [-0.05, 0) is 69.5 Å². The molecular weight excluding hydrogens is 326 g/mol. The molecule has 0 unspecified atom stereocenters. The molecule has 0 spiro atoms. The molecule has 2 aliphatic carbocycles. The molecule has 1 saturated carbocycles. The van der Waals surface area contributed by atoms with Gasteiger partial charge in [0.15, 0.2) is 0 Å². The van der Waals surface area contributed by atoms with E-state index in [0.29, 0.717) is 12.0 Å². The Balaban J connectivity index is 1.18. The van der Waals surface area contributed by atoms with Crippen molar-refractivity contribution < 1.29 is 0 Å². The molecular formula is C20H27N5O. The van der Waals surface area contributed by atoms with Gasteiger partial charge >= 0.3 is 0 Å². The highest BCUT2D eigenvalue weighted by Gasteiger charge is 2.27. The smallest absolute Gasteiger partial charge is 0.267 e. The zero-order valence-corrected chi connectivity index (χ0v) is 15.3. The first kappa shape index (κ1) is 16.2. The molecule has 5 rings (SSSR count). The van der Waals surface area contributed by atoms with Crippen LogP contribution in [-0.2, 0) is 25.9 Å². The summed E-state index contributed by atoms with van der Waals surface area (Å²) in [5.74, 6) is 1.77. The summed E-state index contributed by atoms with van der Waals surface area (Å²) in [6.45, 7) is 3.90. The number of aryl methyl sites for hydroxylation is 2. The van der Waals surface area contributed by atoms with E-state index in [-0.39, 0.29) is 5.56 Å². The lowest BCUT2D eigenvalue weighted by Crippen LogP contribution is -2.37. The van der Waals surface area contributed by atoms with E-state index in [4.69, 9.17) is 0 Å². The molecule has 26 heavy (non-hydrogen) atoms. The van der Waals surface area contributed by atoms with Gasteiger partial charge in [-0.3, -0.25) is 9.69 Å². The van der Waals surface area contributed by atoms with Crippen molar-refractivity contribution >= 4 is 0 Å². The van der Waals surface area contributed by atoms with Crippen LogP contribution in [0.5, 0.6) is 0 Å². The van der Waals surface area contributed by atoms with Gasteiger partial charge in [0.1, 0.15) is 5.82 Å². The van der Waals surface area contributed by atoms with Crippen LogP contribution >= 0.6 is 0 Å². The summed E-state index contributed by atoms with van der Waals surface area (Å²) in [6.07, 6.45) is 12.1. The molecule has 138 valence electrons. The largest absolute Gasteiger partial charge is 0.331 e. The lowest BCUT2D eigenvalue weighted by Gasteiger charge is -2.31. The van der Waals surface area contributed by atoms with Gasteiger partial charge in [0.25, 0.3) is 5.56 Å². The fraction of sp³-hybridized carbons (Fsp3) is 0.650. The summed E-state index contributed by atoms with van der Waals surface area (Å²) >= 11 is 0. The van der Waals surface area contributed by atoms with Gasteiger partial charge in [0, 0.05) is 31.0 Å². The molecule has 3 aliphatic rings. The number of fused-ring (bicyclic) bond motifs is 1. The van der Waals surface area contributed by atoms with Crippen LogP contribution in [0.3, 0.4) is 0 Å². The van der Waals surface area contributed by atoms with E-state index in [1.54, 1.807) is 4.68 Å². The van der Waals surface area contributed by atoms with E-state index in [2.05, 4.69) is 25.7 Å². The van der Waals surface area contributed by atoms with Crippen LogP contribution in [-0.4, -0.2) is 37.3 Å². The third-order valence-electron chi connectivity index (χ3n) is 6.22. The van der Waals surface area contributed by atoms with Crippen molar-refractivity contribution in [1.29, 1.82) is 0 Å². The normalized spacial score (nSPS) is 21.2. The number of hydrogen-bond donors (Lipinski definition) is 0. The third kappa shape index (κ3) is 3.22. The SMILES string of the molecule is O=c1cc2c(nn1CC1CCN(Cc3nccn3C3CC3)CC1)CCC2. The van der Waals surface area contributed by atoms with Gasteiger partial charge in [0.05, 0.1) is 12.2 Å². The van der Waals surface area contributed by atoms with Crippen molar-refractivity contribution in [2.75, 3.05) is 13.1 Å². The minimum absolute atomic E-state index is 0.0829. The molecule has 6 heteroatoms. The summed E-state index contributed by atoms with van der Waals surface area (Å²) in [6, 6.07) is 2.52. The van der Waals surface area contributed by atoms with E-state index in [9.17, 15) is 4.79 Å². The van der Waals surface area contributed by atoms with E-state index in [1.807, 2.05) is 12.3 Å². The Morgan fingerprint density at radius 3 is 2.77 bits per heavy atom. The zero-order valence-electron chi connectivity index (χ0n) is 15.3. The quantitative estimate of drug-likeness (QED) is 0.827. The minimum Gasteiger partial charge on any atom is -0.331 e. The molecule has 2 aromatic rings. The van der Waals surface area contributed by atoms with Crippen LogP contribution in [0.1, 0.15) is 55.2 Å². The van der Waals surface area contributed by atoms with E-state index < -0.39 is 0 Å². The summed E-state index contributed by atoms with van der Waals surface area (Å²) in [5.41, 5.74) is 2.40. The number of piperidine rings is 1. The number of hydrogen-bond acceptors (Lipinski definition) is 4. The molecule has 1 saturated heterocycles. The molecule has 0 bridgehead atoms. The van der Waals surface area contributed by atoms with Gasteiger partial charge in [-0.25, -0.2) is 9.67 Å². The Kier molecular flexibility index (Phi) is 4.15. The van der Waals surface area contributed by atoms with Crippen molar-refractivity contribution in [2.24, 2.45) is 5.92 Å². The molecule has 0 atom stereocenters. The van der Waals surface area contributed by atoms with Gasteiger partial charge in [-0.2, -0.15) is 5.10 Å². The zero-order chi connectivity index (χ0) is 17.5. The van der Waals surface area contributed by atoms with E-state index in [0.717, 1.165) is 64.0 Å². The van der Waals surface area contributed by atoms with Gasteiger partial charge in [-0.15, -0.1) is 0 Å². The number of aromatic nitrogens is 4. The lowest BCUT2D eigenvalue weighted by molar-refractivity contribution is 0.158. The second kappa shape index (κ2) is 6.65.